The molecule has 0 aliphatic carbocycles. The van der Waals surface area contributed by atoms with Gasteiger partial charge in [-0.05, 0) is 29.8 Å². The minimum Gasteiger partial charge on any atom is -0.469 e. The van der Waals surface area contributed by atoms with Crippen LogP contribution in [0, 0.1) is 0 Å². The molecule has 1 heterocycles. The van der Waals surface area contributed by atoms with Crippen LogP contribution in [0.25, 0.3) is 0 Å². The summed E-state index contributed by atoms with van der Waals surface area (Å²) in [7, 11) is 1.75. The lowest BCUT2D eigenvalue weighted by Crippen LogP contribution is -2.37. The molecule has 1 aromatic carbocycles. The summed E-state index contributed by atoms with van der Waals surface area (Å²) < 4.78 is 5.28. The maximum atomic E-state index is 5.85. The van der Waals surface area contributed by atoms with E-state index in [1.165, 1.54) is 0 Å². The van der Waals surface area contributed by atoms with Gasteiger partial charge in [0.1, 0.15) is 5.76 Å². The molecule has 6 heteroatoms. The summed E-state index contributed by atoms with van der Waals surface area (Å²) in [6.45, 7) is 1.48. The Morgan fingerprint density at radius 1 is 1.19 bits per heavy atom. The Morgan fingerprint density at radius 3 is 2.57 bits per heavy atom. The molecule has 0 saturated heterocycles. The van der Waals surface area contributed by atoms with Crippen LogP contribution >= 0.6 is 35.6 Å². The molecule has 114 valence electrons. The van der Waals surface area contributed by atoms with Gasteiger partial charge in [-0.3, -0.25) is 4.99 Å². The molecule has 21 heavy (non-hydrogen) atoms. The zero-order valence-corrected chi connectivity index (χ0v) is 14.9. The average Bonchev–Trinajstić information content (AvgIpc) is 2.97. The monoisotopic (exact) mass is 419 g/mol. The molecule has 0 fully saturated rings. The van der Waals surface area contributed by atoms with Crippen molar-refractivity contribution in [1.29, 1.82) is 0 Å². The highest BCUT2D eigenvalue weighted by atomic mass is 127. The number of halogens is 2. The predicted octanol–water partition coefficient (Wildman–Crippen LogP) is 3.46. The number of benzene rings is 1. The number of aliphatic imine (C=N–C) groups is 1. The lowest BCUT2D eigenvalue weighted by molar-refractivity contribution is 0.507. The Bertz CT molecular complexity index is 541. The SMILES string of the molecule is CN=C(NCCc1ccco1)NCc1ccc(Cl)cc1.I. The first-order valence-corrected chi connectivity index (χ1v) is 6.87. The summed E-state index contributed by atoms with van der Waals surface area (Å²) in [5.74, 6) is 1.73. The molecule has 2 rings (SSSR count). The fourth-order valence-electron chi connectivity index (χ4n) is 1.77. The van der Waals surface area contributed by atoms with E-state index in [-0.39, 0.29) is 24.0 Å². The first-order chi connectivity index (χ1) is 9.78. The van der Waals surface area contributed by atoms with Gasteiger partial charge in [0.25, 0.3) is 0 Å². The van der Waals surface area contributed by atoms with Crippen LogP contribution < -0.4 is 10.6 Å². The molecule has 0 unspecified atom stereocenters. The molecule has 0 atom stereocenters. The van der Waals surface area contributed by atoms with Crippen LogP contribution in [-0.2, 0) is 13.0 Å². The molecule has 4 nitrogen and oxygen atoms in total. The van der Waals surface area contributed by atoms with Gasteiger partial charge in [0.15, 0.2) is 5.96 Å². The fraction of sp³-hybridized carbons (Fsp3) is 0.267. The molecule has 2 aromatic rings. The lowest BCUT2D eigenvalue weighted by atomic mass is 10.2. The van der Waals surface area contributed by atoms with Crippen molar-refractivity contribution in [3.8, 4) is 0 Å². The summed E-state index contributed by atoms with van der Waals surface area (Å²) in [6.07, 6.45) is 2.51. The zero-order chi connectivity index (χ0) is 14.2. The van der Waals surface area contributed by atoms with Gasteiger partial charge in [0.05, 0.1) is 6.26 Å². The largest absolute Gasteiger partial charge is 0.469 e. The van der Waals surface area contributed by atoms with Gasteiger partial charge in [0, 0.05) is 31.6 Å². The summed E-state index contributed by atoms with van der Waals surface area (Å²) in [6, 6.07) is 11.6. The second-order valence-corrected chi connectivity index (χ2v) is 4.74. The molecule has 0 aliphatic rings. The highest BCUT2D eigenvalue weighted by molar-refractivity contribution is 14.0. The van der Waals surface area contributed by atoms with Crippen molar-refractivity contribution in [2.75, 3.05) is 13.6 Å². The van der Waals surface area contributed by atoms with Crippen LogP contribution in [0.5, 0.6) is 0 Å². The van der Waals surface area contributed by atoms with E-state index in [0.29, 0.717) is 6.54 Å². The maximum absolute atomic E-state index is 5.85. The Labute approximate surface area is 147 Å². The summed E-state index contributed by atoms with van der Waals surface area (Å²) in [5, 5.41) is 7.24. The quantitative estimate of drug-likeness (QED) is 0.443. The third-order valence-corrected chi connectivity index (χ3v) is 3.09. The predicted molar refractivity (Wildman–Crippen MR) is 97.5 cm³/mol. The van der Waals surface area contributed by atoms with Crippen LogP contribution in [0.2, 0.25) is 5.02 Å². The highest BCUT2D eigenvalue weighted by Crippen LogP contribution is 2.09. The molecule has 0 amide bonds. The van der Waals surface area contributed by atoms with Crippen LogP contribution in [-0.4, -0.2) is 19.6 Å². The number of guanidine groups is 1. The van der Waals surface area contributed by atoms with Gasteiger partial charge in [0.2, 0.25) is 0 Å². The molecule has 0 aliphatic heterocycles. The lowest BCUT2D eigenvalue weighted by Gasteiger charge is -2.11. The van der Waals surface area contributed by atoms with Crippen LogP contribution in [0.3, 0.4) is 0 Å². The second-order valence-electron chi connectivity index (χ2n) is 4.31. The number of hydrogen-bond donors (Lipinski definition) is 2. The standard InChI is InChI=1S/C15H18ClN3O.HI/c1-17-15(18-9-8-14-3-2-10-20-14)19-11-12-4-6-13(16)7-5-12;/h2-7,10H,8-9,11H2,1H3,(H2,17,18,19);1H. The van der Waals surface area contributed by atoms with E-state index in [1.54, 1.807) is 13.3 Å². The molecular weight excluding hydrogens is 401 g/mol. The number of hydrogen-bond acceptors (Lipinski definition) is 2. The fourth-order valence-corrected chi connectivity index (χ4v) is 1.89. The van der Waals surface area contributed by atoms with Crippen molar-refractivity contribution in [2.24, 2.45) is 4.99 Å². The minimum absolute atomic E-state index is 0. The van der Waals surface area contributed by atoms with Crippen molar-refractivity contribution in [1.82, 2.24) is 10.6 Å². The van der Waals surface area contributed by atoms with Crippen molar-refractivity contribution in [3.63, 3.8) is 0 Å². The van der Waals surface area contributed by atoms with Gasteiger partial charge in [-0.25, -0.2) is 0 Å². The van der Waals surface area contributed by atoms with Crippen molar-refractivity contribution in [3.05, 3.63) is 59.0 Å². The Kier molecular flexibility index (Phi) is 8.22. The summed E-state index contributed by atoms with van der Waals surface area (Å²) in [5.41, 5.74) is 1.16. The normalized spacial score (nSPS) is 10.9. The van der Waals surface area contributed by atoms with E-state index in [1.807, 2.05) is 36.4 Å². The zero-order valence-electron chi connectivity index (χ0n) is 11.8. The Balaban J connectivity index is 0.00000220. The number of furan rings is 1. The highest BCUT2D eigenvalue weighted by Gasteiger charge is 2.00. The van der Waals surface area contributed by atoms with Crippen molar-refractivity contribution >= 4 is 41.5 Å². The van der Waals surface area contributed by atoms with E-state index >= 15 is 0 Å². The molecule has 0 spiro atoms. The van der Waals surface area contributed by atoms with Crippen molar-refractivity contribution in [2.45, 2.75) is 13.0 Å². The maximum Gasteiger partial charge on any atom is 0.191 e. The molecule has 2 N–H and O–H groups in total. The summed E-state index contributed by atoms with van der Waals surface area (Å²) in [4.78, 5) is 4.18. The second kappa shape index (κ2) is 9.68. The van der Waals surface area contributed by atoms with Gasteiger partial charge in [-0.2, -0.15) is 0 Å². The molecule has 0 saturated carbocycles. The van der Waals surface area contributed by atoms with Gasteiger partial charge in [-0.15, -0.1) is 24.0 Å². The van der Waals surface area contributed by atoms with Gasteiger partial charge < -0.3 is 15.1 Å². The topological polar surface area (TPSA) is 49.6 Å². The van der Waals surface area contributed by atoms with E-state index in [4.69, 9.17) is 16.0 Å². The van der Waals surface area contributed by atoms with E-state index in [9.17, 15) is 0 Å². The minimum atomic E-state index is 0. The van der Waals surface area contributed by atoms with Gasteiger partial charge >= 0.3 is 0 Å². The van der Waals surface area contributed by atoms with E-state index in [0.717, 1.165) is 35.3 Å². The van der Waals surface area contributed by atoms with Crippen LogP contribution in [0.1, 0.15) is 11.3 Å². The first kappa shape index (κ1) is 17.8. The van der Waals surface area contributed by atoms with Gasteiger partial charge in [-0.1, -0.05) is 23.7 Å². The average molecular weight is 420 g/mol. The third-order valence-electron chi connectivity index (χ3n) is 2.84. The smallest absolute Gasteiger partial charge is 0.191 e. The summed E-state index contributed by atoms with van der Waals surface area (Å²) >= 11 is 5.85. The molecular formula is C15H19ClIN3O. The van der Waals surface area contributed by atoms with Crippen molar-refractivity contribution < 1.29 is 4.42 Å². The Hall–Kier alpha value is -1.21. The molecule has 0 bridgehead atoms. The number of nitrogens with zero attached hydrogens (tertiary/aromatic N) is 1. The van der Waals surface area contributed by atoms with E-state index in [2.05, 4.69) is 15.6 Å². The molecule has 1 aromatic heterocycles. The van der Waals surface area contributed by atoms with Crippen LogP contribution in [0.15, 0.2) is 52.1 Å². The number of nitrogens with one attached hydrogen (secondary N) is 2. The molecule has 0 radical (unpaired) electrons. The third kappa shape index (κ3) is 6.39. The van der Waals surface area contributed by atoms with Crippen LogP contribution in [0.4, 0.5) is 0 Å². The Morgan fingerprint density at radius 2 is 1.95 bits per heavy atom. The van der Waals surface area contributed by atoms with E-state index < -0.39 is 0 Å². The first-order valence-electron chi connectivity index (χ1n) is 6.49. The number of rotatable bonds is 5.